The van der Waals surface area contributed by atoms with E-state index in [0.29, 0.717) is 6.92 Å². The molecule has 0 fully saturated rings. The van der Waals surface area contributed by atoms with E-state index in [1.165, 1.54) is 4.74 Å². The van der Waals surface area contributed by atoms with Crippen LogP contribution in [0.2, 0.25) is 0 Å². The number of ether oxygens (including phenoxy) is 2. The monoisotopic (exact) mass is 596 g/mol. The number of carbonyl (C=O) groups excluding carboxylic acids is 2. The third-order valence-corrected chi connectivity index (χ3v) is 4.15. The van der Waals surface area contributed by atoms with E-state index in [-0.39, 0.29) is 0 Å². The molecule has 0 aliphatic carbocycles. The second kappa shape index (κ2) is 10.3. The van der Waals surface area contributed by atoms with Crippen LogP contribution in [0.3, 0.4) is 0 Å². The Morgan fingerprint density at radius 1 is 0.649 bits per heavy atom. The maximum absolute atomic E-state index is 14.3. The molecule has 4 nitrogen and oxygen atoms in total. The number of halogens is 18. The van der Waals surface area contributed by atoms with Crippen molar-refractivity contribution in [3.63, 3.8) is 0 Å². The maximum atomic E-state index is 14.3. The van der Waals surface area contributed by atoms with Gasteiger partial charge in [0.25, 0.3) is 5.78 Å². The van der Waals surface area contributed by atoms with E-state index >= 15 is 0 Å². The summed E-state index contributed by atoms with van der Waals surface area (Å²) >= 11 is 0. The number of Topliss-reactive ketones (excluding diaryl/α,β-unsaturated/α-hetero) is 2. The third-order valence-electron chi connectivity index (χ3n) is 4.15. The molecule has 22 heteroatoms. The van der Waals surface area contributed by atoms with Crippen LogP contribution in [0.15, 0.2) is 0 Å². The van der Waals surface area contributed by atoms with Crippen LogP contribution in [0.25, 0.3) is 0 Å². The smallest absolute Gasteiger partial charge is 0.332 e. The van der Waals surface area contributed by atoms with Crippen molar-refractivity contribution in [3.05, 3.63) is 0 Å². The highest BCUT2D eigenvalue weighted by molar-refractivity contribution is 5.94. The molecule has 220 valence electrons. The molecule has 3 atom stereocenters. The number of carbonyl (C=O) groups is 2. The molecular weight excluding hydrogens is 586 g/mol. The number of ketones is 2. The Morgan fingerprint density at radius 3 is 1.35 bits per heavy atom. The predicted molar refractivity (Wildman–Crippen MR) is 77.2 cm³/mol. The van der Waals surface area contributed by atoms with Crippen LogP contribution in [0.1, 0.15) is 19.8 Å². The molecule has 0 aromatic rings. The third kappa shape index (κ3) is 6.91. The Hall–Kier alpha value is -2.00. The van der Waals surface area contributed by atoms with Crippen LogP contribution in [0.5, 0.6) is 0 Å². The zero-order chi connectivity index (χ0) is 30.3. The first kappa shape index (κ1) is 35.0. The lowest BCUT2D eigenvalue weighted by molar-refractivity contribution is -0.476. The first-order valence-corrected chi connectivity index (χ1v) is 8.76. The summed E-state index contributed by atoms with van der Waals surface area (Å²) in [4.78, 5) is 22.9. The van der Waals surface area contributed by atoms with Crippen LogP contribution in [-0.2, 0) is 19.1 Å². The minimum atomic E-state index is -7.82. The molecule has 0 bridgehead atoms. The quantitative estimate of drug-likeness (QED) is 0.260. The van der Waals surface area contributed by atoms with Crippen molar-refractivity contribution in [2.75, 3.05) is 6.61 Å². The van der Waals surface area contributed by atoms with Gasteiger partial charge in [0, 0.05) is 6.42 Å². The maximum Gasteiger partial charge on any atom is 0.462 e. The van der Waals surface area contributed by atoms with Gasteiger partial charge in [-0.2, -0.15) is 79.0 Å². The Kier molecular flexibility index (Phi) is 9.73. The van der Waals surface area contributed by atoms with Gasteiger partial charge in [0.1, 0.15) is 11.7 Å². The van der Waals surface area contributed by atoms with E-state index in [9.17, 15) is 88.6 Å². The topological polar surface area (TPSA) is 52.6 Å². The van der Waals surface area contributed by atoms with Gasteiger partial charge < -0.3 is 4.74 Å². The highest BCUT2D eigenvalue weighted by Crippen LogP contribution is 2.53. The minimum Gasteiger partial charge on any atom is -0.332 e. The summed E-state index contributed by atoms with van der Waals surface area (Å²) in [5.74, 6) is -32.5. The number of alkyl halides is 18. The first-order chi connectivity index (χ1) is 15.9. The Morgan fingerprint density at radius 2 is 1.05 bits per heavy atom. The molecule has 0 heterocycles. The van der Waals surface area contributed by atoms with Crippen molar-refractivity contribution in [2.45, 2.75) is 68.2 Å². The normalized spacial score (nSPS) is 18.7. The van der Waals surface area contributed by atoms with Crippen LogP contribution in [-0.4, -0.2) is 66.6 Å². The van der Waals surface area contributed by atoms with E-state index < -0.39 is 85.4 Å². The van der Waals surface area contributed by atoms with E-state index in [1.54, 1.807) is 0 Å². The fourth-order valence-corrected chi connectivity index (χ4v) is 2.23. The fourth-order valence-electron chi connectivity index (χ4n) is 2.23. The summed E-state index contributed by atoms with van der Waals surface area (Å²) in [6, 6.07) is 0. The second-order valence-electron chi connectivity index (χ2n) is 6.77. The van der Waals surface area contributed by atoms with Crippen molar-refractivity contribution in [1.29, 1.82) is 0 Å². The molecule has 0 aliphatic rings. The molecule has 0 radical (unpaired) electrons. The Bertz CT molecular complexity index is 825. The zero-order valence-corrected chi connectivity index (χ0v) is 17.1. The fraction of sp³-hybridized carbons (Fsp3) is 0.867. The van der Waals surface area contributed by atoms with Crippen LogP contribution in [0, 0.1) is 5.92 Å². The molecular formula is C15H10F18O4. The van der Waals surface area contributed by atoms with Crippen LogP contribution >= 0.6 is 0 Å². The summed E-state index contributed by atoms with van der Waals surface area (Å²) in [7, 11) is 0. The number of hydrogen-bond donors (Lipinski definition) is 0. The Balaban J connectivity index is 6.45. The highest BCUT2D eigenvalue weighted by Gasteiger charge is 2.83. The first-order valence-electron chi connectivity index (χ1n) is 8.76. The van der Waals surface area contributed by atoms with Gasteiger partial charge in [-0.1, -0.05) is 6.92 Å². The molecule has 0 amide bonds. The number of rotatable bonds is 11. The van der Waals surface area contributed by atoms with Crippen LogP contribution < -0.4 is 0 Å². The van der Waals surface area contributed by atoms with Gasteiger partial charge in [-0.05, 0) is 6.42 Å². The summed E-state index contributed by atoms with van der Waals surface area (Å²) < 4.78 is 236. The van der Waals surface area contributed by atoms with Crippen molar-refractivity contribution >= 4 is 11.6 Å². The SMILES string of the molecule is CCC(C(=O)CCOC(F)(C(=O)C(F)(OC(F)(F)C(F)(F)C(F)(F)F)C(F)(F)F)C(F)(F)F)C(F)(F)F. The molecule has 0 saturated heterocycles. The molecule has 0 saturated carbocycles. The largest absolute Gasteiger partial charge is 0.462 e. The summed E-state index contributed by atoms with van der Waals surface area (Å²) in [5, 5.41) is 0. The van der Waals surface area contributed by atoms with Crippen molar-refractivity contribution in [2.24, 2.45) is 5.92 Å². The average Bonchev–Trinajstić information content (AvgIpc) is 2.63. The molecule has 3 unspecified atom stereocenters. The van der Waals surface area contributed by atoms with Gasteiger partial charge >= 0.3 is 48.4 Å². The van der Waals surface area contributed by atoms with Crippen molar-refractivity contribution in [3.8, 4) is 0 Å². The van der Waals surface area contributed by atoms with Crippen molar-refractivity contribution in [1.82, 2.24) is 0 Å². The standard InChI is InChI=1S/C15H10F18O4/c1-2-5(10(18,19)20)6(34)3-4-36-8(16,12(23,24)25)7(35)9(17,13(26,27)28)37-15(32,33)11(21,22)14(29,30)31/h5H,2-4H2,1H3. The summed E-state index contributed by atoms with van der Waals surface area (Å²) in [6.45, 7) is -1.74. The van der Waals surface area contributed by atoms with Gasteiger partial charge in [0.2, 0.25) is 0 Å². The van der Waals surface area contributed by atoms with E-state index in [0.717, 1.165) is 0 Å². The zero-order valence-electron chi connectivity index (χ0n) is 17.1. The molecule has 0 N–H and O–H groups in total. The van der Waals surface area contributed by atoms with Gasteiger partial charge in [0.05, 0.1) is 6.61 Å². The predicted octanol–water partition coefficient (Wildman–Crippen LogP) is 6.38. The highest BCUT2D eigenvalue weighted by atomic mass is 19.4. The summed E-state index contributed by atoms with van der Waals surface area (Å²) in [5.41, 5.74) is 0. The van der Waals surface area contributed by atoms with Crippen molar-refractivity contribution < 1.29 is 98.1 Å². The molecule has 37 heavy (non-hydrogen) atoms. The molecule has 0 aromatic carbocycles. The lowest BCUT2D eigenvalue weighted by Gasteiger charge is -2.37. The van der Waals surface area contributed by atoms with E-state index in [4.69, 9.17) is 0 Å². The molecule has 0 aromatic heterocycles. The van der Waals surface area contributed by atoms with Gasteiger partial charge in [-0.3, -0.25) is 14.3 Å². The second-order valence-corrected chi connectivity index (χ2v) is 6.77. The lowest BCUT2D eigenvalue weighted by atomic mass is 9.98. The molecule has 0 rings (SSSR count). The van der Waals surface area contributed by atoms with E-state index in [1.807, 2.05) is 0 Å². The van der Waals surface area contributed by atoms with Crippen LogP contribution in [0.4, 0.5) is 79.0 Å². The van der Waals surface area contributed by atoms with Gasteiger partial charge in [0.15, 0.2) is 0 Å². The minimum absolute atomic E-state index is 0.699. The van der Waals surface area contributed by atoms with Gasteiger partial charge in [-0.25, -0.2) is 0 Å². The lowest BCUT2D eigenvalue weighted by Crippen LogP contribution is -2.67. The number of hydrogen-bond acceptors (Lipinski definition) is 4. The molecule has 0 spiro atoms. The van der Waals surface area contributed by atoms with E-state index in [2.05, 4.69) is 4.74 Å². The summed E-state index contributed by atoms with van der Waals surface area (Å²) in [6.07, 6.45) is -38.9. The molecule has 0 aliphatic heterocycles. The average molecular weight is 596 g/mol. The Labute approximate surface area is 191 Å². The van der Waals surface area contributed by atoms with Gasteiger partial charge in [-0.15, -0.1) is 0 Å².